The summed E-state index contributed by atoms with van der Waals surface area (Å²) in [5, 5.41) is 16.3. The third-order valence-electron chi connectivity index (χ3n) is 4.13. The molecule has 146 valence electrons. The first-order valence-electron chi connectivity index (χ1n) is 8.73. The van der Waals surface area contributed by atoms with Crippen molar-refractivity contribution in [3.63, 3.8) is 0 Å². The summed E-state index contributed by atoms with van der Waals surface area (Å²) in [5.41, 5.74) is 0.575. The number of anilines is 1. The van der Waals surface area contributed by atoms with Gasteiger partial charge in [-0.3, -0.25) is 20.2 Å². The maximum atomic E-state index is 12.3. The third-order valence-corrected chi connectivity index (χ3v) is 4.33. The third kappa shape index (κ3) is 5.24. The first kappa shape index (κ1) is 19.7. The zero-order chi connectivity index (χ0) is 19.9. The lowest BCUT2D eigenvalue weighted by Gasteiger charge is -2.16. The second kappa shape index (κ2) is 9.25. The highest BCUT2D eigenvalue weighted by Crippen LogP contribution is 2.25. The number of nitro groups is 1. The number of ether oxygens (including phenoxy) is 2. The van der Waals surface area contributed by atoms with E-state index in [4.69, 9.17) is 21.7 Å². The van der Waals surface area contributed by atoms with Crippen molar-refractivity contribution in [3.05, 3.63) is 64.2 Å². The number of rotatable bonds is 6. The Morgan fingerprint density at radius 1 is 1.29 bits per heavy atom. The molecule has 0 radical (unpaired) electrons. The van der Waals surface area contributed by atoms with E-state index in [1.807, 2.05) is 12.1 Å². The van der Waals surface area contributed by atoms with E-state index in [9.17, 15) is 14.9 Å². The van der Waals surface area contributed by atoms with Crippen molar-refractivity contribution in [3.8, 4) is 5.75 Å². The fourth-order valence-electron chi connectivity index (χ4n) is 2.74. The normalized spacial score (nSPS) is 15.6. The molecule has 28 heavy (non-hydrogen) atoms. The minimum atomic E-state index is -0.561. The number of nitrogens with zero attached hydrogens (tertiary/aromatic N) is 1. The van der Waals surface area contributed by atoms with E-state index < -0.39 is 10.8 Å². The van der Waals surface area contributed by atoms with E-state index in [2.05, 4.69) is 10.6 Å². The van der Waals surface area contributed by atoms with Crippen molar-refractivity contribution in [1.29, 1.82) is 0 Å². The van der Waals surface area contributed by atoms with Crippen LogP contribution in [0.2, 0.25) is 0 Å². The Morgan fingerprint density at radius 3 is 2.86 bits per heavy atom. The van der Waals surface area contributed by atoms with Crippen LogP contribution in [0.4, 0.5) is 11.4 Å². The minimum absolute atomic E-state index is 0.0599. The quantitative estimate of drug-likeness (QED) is 0.435. The summed E-state index contributed by atoms with van der Waals surface area (Å²) < 4.78 is 11.4. The maximum Gasteiger partial charge on any atom is 0.270 e. The van der Waals surface area contributed by atoms with Crippen molar-refractivity contribution in [2.45, 2.75) is 18.9 Å². The van der Waals surface area contributed by atoms with Crippen molar-refractivity contribution in [1.82, 2.24) is 5.32 Å². The standard InChI is InChI=1S/C19H19N3O5S/c23-18(13-5-3-6-14(11-13)22(24)25)21-19(28)20-16-8-1-2-9-17(16)27-12-15-7-4-10-26-15/h1-3,5-6,8-9,11,15H,4,7,10,12H2,(H2,20,21,23,28). The fraction of sp³-hybridized carbons (Fsp3) is 0.263. The van der Waals surface area contributed by atoms with Gasteiger partial charge >= 0.3 is 0 Å². The summed E-state index contributed by atoms with van der Waals surface area (Å²) >= 11 is 5.19. The number of nitrogens with one attached hydrogen (secondary N) is 2. The predicted molar refractivity (Wildman–Crippen MR) is 108 cm³/mol. The summed E-state index contributed by atoms with van der Waals surface area (Å²) in [7, 11) is 0. The van der Waals surface area contributed by atoms with Gasteiger partial charge in [0.05, 0.1) is 16.7 Å². The number of carbonyl (C=O) groups is 1. The number of benzene rings is 2. The molecular weight excluding hydrogens is 382 g/mol. The van der Waals surface area contributed by atoms with Gasteiger partial charge in [0.15, 0.2) is 5.11 Å². The van der Waals surface area contributed by atoms with Gasteiger partial charge in [-0.15, -0.1) is 0 Å². The van der Waals surface area contributed by atoms with Gasteiger partial charge in [0, 0.05) is 24.3 Å². The summed E-state index contributed by atoms with van der Waals surface area (Å²) in [6.07, 6.45) is 2.07. The van der Waals surface area contributed by atoms with Crippen LogP contribution in [0.3, 0.4) is 0 Å². The Bertz CT molecular complexity index is 883. The van der Waals surface area contributed by atoms with Crippen LogP contribution in [0, 0.1) is 10.1 Å². The lowest BCUT2D eigenvalue weighted by atomic mass is 10.2. The maximum absolute atomic E-state index is 12.3. The van der Waals surface area contributed by atoms with Gasteiger partial charge in [0.25, 0.3) is 11.6 Å². The lowest BCUT2D eigenvalue weighted by molar-refractivity contribution is -0.384. The van der Waals surface area contributed by atoms with Crippen LogP contribution >= 0.6 is 12.2 Å². The highest BCUT2D eigenvalue weighted by molar-refractivity contribution is 7.80. The second-order valence-electron chi connectivity index (χ2n) is 6.16. The number of carbonyl (C=O) groups excluding carboxylic acids is 1. The molecule has 2 N–H and O–H groups in total. The number of non-ortho nitro benzene ring substituents is 1. The second-order valence-corrected chi connectivity index (χ2v) is 6.57. The van der Waals surface area contributed by atoms with Gasteiger partial charge in [0.1, 0.15) is 12.4 Å². The van der Waals surface area contributed by atoms with Gasteiger partial charge < -0.3 is 14.8 Å². The van der Waals surface area contributed by atoms with Gasteiger partial charge in [-0.25, -0.2) is 0 Å². The van der Waals surface area contributed by atoms with Crippen LogP contribution in [-0.2, 0) is 4.74 Å². The molecule has 8 nitrogen and oxygen atoms in total. The zero-order valence-electron chi connectivity index (χ0n) is 14.9. The molecule has 1 atom stereocenters. The van der Waals surface area contributed by atoms with Crippen LogP contribution in [-0.4, -0.2) is 35.3 Å². The van der Waals surface area contributed by atoms with E-state index in [-0.39, 0.29) is 22.5 Å². The lowest BCUT2D eigenvalue weighted by Crippen LogP contribution is -2.34. The van der Waals surface area contributed by atoms with Crippen LogP contribution in [0.5, 0.6) is 5.75 Å². The Morgan fingerprint density at radius 2 is 2.11 bits per heavy atom. The first-order chi connectivity index (χ1) is 13.5. The topological polar surface area (TPSA) is 103 Å². The number of hydrogen-bond acceptors (Lipinski definition) is 6. The van der Waals surface area contributed by atoms with Crippen molar-refractivity contribution in [2.75, 3.05) is 18.5 Å². The molecule has 1 heterocycles. The van der Waals surface area contributed by atoms with E-state index in [1.54, 1.807) is 12.1 Å². The Labute approximate surface area is 167 Å². The number of thiocarbonyl (C=S) groups is 1. The van der Waals surface area contributed by atoms with Crippen LogP contribution < -0.4 is 15.4 Å². The van der Waals surface area contributed by atoms with Crippen molar-refractivity contribution < 1.29 is 19.2 Å². The monoisotopic (exact) mass is 401 g/mol. The molecule has 1 fully saturated rings. The molecule has 2 aromatic rings. The van der Waals surface area contributed by atoms with Crippen LogP contribution in [0.1, 0.15) is 23.2 Å². The van der Waals surface area contributed by atoms with E-state index in [1.165, 1.54) is 24.3 Å². The Kier molecular flexibility index (Phi) is 6.51. The molecule has 1 aliphatic heterocycles. The van der Waals surface area contributed by atoms with Gasteiger partial charge in [-0.05, 0) is 43.3 Å². The summed E-state index contributed by atoms with van der Waals surface area (Å²) in [6.45, 7) is 1.19. The predicted octanol–water partition coefficient (Wildman–Crippen LogP) is 3.28. The summed E-state index contributed by atoms with van der Waals surface area (Å²) in [5.74, 6) is 0.0453. The average molecular weight is 401 g/mol. The number of nitro benzene ring substituents is 1. The molecule has 0 saturated carbocycles. The Balaban J connectivity index is 1.60. The number of para-hydroxylation sites is 2. The fourth-order valence-corrected chi connectivity index (χ4v) is 2.95. The van der Waals surface area contributed by atoms with Gasteiger partial charge in [-0.2, -0.15) is 0 Å². The molecule has 9 heteroatoms. The first-order valence-corrected chi connectivity index (χ1v) is 9.14. The van der Waals surface area contributed by atoms with E-state index in [0.717, 1.165) is 19.4 Å². The summed E-state index contributed by atoms with van der Waals surface area (Å²) in [4.78, 5) is 22.6. The highest BCUT2D eigenvalue weighted by atomic mass is 32.1. The van der Waals surface area contributed by atoms with Gasteiger partial charge in [-0.1, -0.05) is 18.2 Å². The Hall–Kier alpha value is -3.04. The molecule has 1 unspecified atom stereocenters. The van der Waals surface area contributed by atoms with Crippen LogP contribution in [0.15, 0.2) is 48.5 Å². The highest BCUT2D eigenvalue weighted by Gasteiger charge is 2.17. The zero-order valence-corrected chi connectivity index (χ0v) is 15.7. The molecule has 3 rings (SSSR count). The average Bonchev–Trinajstić information content (AvgIpc) is 3.21. The van der Waals surface area contributed by atoms with Crippen molar-refractivity contribution in [2.24, 2.45) is 0 Å². The molecule has 0 bridgehead atoms. The molecule has 0 spiro atoms. The number of amides is 1. The van der Waals surface area contributed by atoms with Crippen molar-refractivity contribution >= 4 is 34.6 Å². The van der Waals surface area contributed by atoms with E-state index in [0.29, 0.717) is 18.0 Å². The SMILES string of the molecule is O=C(NC(=S)Nc1ccccc1OCC1CCCO1)c1cccc([N+](=O)[O-])c1. The smallest absolute Gasteiger partial charge is 0.270 e. The minimum Gasteiger partial charge on any atom is -0.489 e. The molecule has 2 aromatic carbocycles. The summed E-state index contributed by atoms with van der Waals surface area (Å²) in [6, 6.07) is 12.6. The van der Waals surface area contributed by atoms with E-state index >= 15 is 0 Å². The molecule has 1 amide bonds. The molecule has 1 aliphatic rings. The van der Waals surface area contributed by atoms with Gasteiger partial charge in [0.2, 0.25) is 0 Å². The molecular formula is C19H19N3O5S. The van der Waals surface area contributed by atoms with Crippen LogP contribution in [0.25, 0.3) is 0 Å². The largest absolute Gasteiger partial charge is 0.489 e. The molecule has 0 aromatic heterocycles. The number of hydrogen-bond donors (Lipinski definition) is 2. The molecule has 0 aliphatic carbocycles. The molecule has 1 saturated heterocycles.